The van der Waals surface area contributed by atoms with Gasteiger partial charge in [-0.05, 0) is 6.92 Å². The lowest BCUT2D eigenvalue weighted by Gasteiger charge is -2.01. The number of alkyl halides is 1. The molecule has 0 N–H and O–H groups in total. The van der Waals surface area contributed by atoms with E-state index < -0.39 is 5.97 Å². The lowest BCUT2D eigenvalue weighted by molar-refractivity contribution is -0.137. The number of ether oxygens (including phenoxy) is 1. The van der Waals surface area contributed by atoms with Crippen LogP contribution in [0.15, 0.2) is 12.7 Å². The molecule has 0 spiro atoms. The molecule has 0 aliphatic rings. The standard InChI is InChI=1S/C6H9ClO2/c1-3-6(8)9-4-5(2)7/h3,5H,1,4H2,2H3. The molecule has 0 heterocycles. The van der Waals surface area contributed by atoms with Gasteiger partial charge in [-0.1, -0.05) is 6.58 Å². The summed E-state index contributed by atoms with van der Waals surface area (Å²) in [6, 6.07) is 0. The van der Waals surface area contributed by atoms with Crippen molar-refractivity contribution in [3.8, 4) is 0 Å². The minimum atomic E-state index is -0.428. The minimum Gasteiger partial charge on any atom is -0.461 e. The maximum Gasteiger partial charge on any atom is 0.330 e. The third-order valence-electron chi connectivity index (χ3n) is 0.622. The summed E-state index contributed by atoms with van der Waals surface area (Å²) in [5, 5.41) is -0.131. The normalized spacial score (nSPS) is 12.2. The van der Waals surface area contributed by atoms with Gasteiger partial charge in [0.1, 0.15) is 6.61 Å². The first-order chi connectivity index (χ1) is 4.16. The van der Waals surface area contributed by atoms with Crippen LogP contribution < -0.4 is 0 Å². The van der Waals surface area contributed by atoms with Crippen LogP contribution in [-0.4, -0.2) is 18.0 Å². The average Bonchev–Trinajstić information content (AvgIpc) is 1.83. The minimum absolute atomic E-state index is 0.131. The Morgan fingerprint density at radius 2 is 2.56 bits per heavy atom. The fourth-order valence-corrected chi connectivity index (χ4v) is 0.319. The van der Waals surface area contributed by atoms with E-state index >= 15 is 0 Å². The molecular formula is C6H9ClO2. The second-order valence-electron chi connectivity index (χ2n) is 1.61. The van der Waals surface area contributed by atoms with Crippen molar-refractivity contribution in [2.75, 3.05) is 6.61 Å². The summed E-state index contributed by atoms with van der Waals surface area (Å²) in [6.45, 7) is 5.21. The van der Waals surface area contributed by atoms with Gasteiger partial charge in [-0.15, -0.1) is 11.6 Å². The zero-order valence-electron chi connectivity index (χ0n) is 5.26. The molecular weight excluding hydrogens is 140 g/mol. The molecule has 0 fully saturated rings. The molecule has 1 unspecified atom stereocenters. The Balaban J connectivity index is 3.27. The Labute approximate surface area is 59.5 Å². The molecule has 0 rings (SSSR count). The van der Waals surface area contributed by atoms with Crippen molar-refractivity contribution in [2.24, 2.45) is 0 Å². The highest BCUT2D eigenvalue weighted by Crippen LogP contribution is 1.93. The molecule has 0 aromatic rings. The third kappa shape index (κ3) is 5.37. The maximum atomic E-state index is 10.3. The van der Waals surface area contributed by atoms with Crippen LogP contribution in [0.3, 0.4) is 0 Å². The van der Waals surface area contributed by atoms with Crippen LogP contribution in [0, 0.1) is 0 Å². The maximum absolute atomic E-state index is 10.3. The lowest BCUT2D eigenvalue weighted by atomic mass is 10.5. The van der Waals surface area contributed by atoms with E-state index in [1.807, 2.05) is 0 Å². The Morgan fingerprint density at radius 1 is 2.00 bits per heavy atom. The first-order valence-electron chi connectivity index (χ1n) is 2.60. The largest absolute Gasteiger partial charge is 0.461 e. The molecule has 0 aliphatic carbocycles. The molecule has 0 aromatic heterocycles. The van der Waals surface area contributed by atoms with Gasteiger partial charge in [0.25, 0.3) is 0 Å². The van der Waals surface area contributed by atoms with Crippen LogP contribution in [0.1, 0.15) is 6.92 Å². The zero-order valence-corrected chi connectivity index (χ0v) is 6.02. The van der Waals surface area contributed by atoms with Gasteiger partial charge in [0, 0.05) is 6.08 Å². The molecule has 1 atom stereocenters. The molecule has 0 saturated heterocycles. The number of hydrogen-bond acceptors (Lipinski definition) is 2. The topological polar surface area (TPSA) is 26.3 Å². The summed E-state index contributed by atoms with van der Waals surface area (Å²) in [5.41, 5.74) is 0. The number of carbonyl (C=O) groups is 1. The molecule has 2 nitrogen and oxygen atoms in total. The van der Waals surface area contributed by atoms with Gasteiger partial charge in [-0.25, -0.2) is 4.79 Å². The van der Waals surface area contributed by atoms with Crippen molar-refractivity contribution < 1.29 is 9.53 Å². The fourth-order valence-electron chi connectivity index (χ4n) is 0.256. The van der Waals surface area contributed by atoms with Crippen LogP contribution in [0.25, 0.3) is 0 Å². The first kappa shape index (κ1) is 8.50. The highest BCUT2D eigenvalue weighted by atomic mass is 35.5. The van der Waals surface area contributed by atoms with Gasteiger partial charge in [0.2, 0.25) is 0 Å². The molecule has 0 saturated carbocycles. The Bertz CT molecular complexity index is 110. The number of carbonyl (C=O) groups excluding carboxylic acids is 1. The van der Waals surface area contributed by atoms with Gasteiger partial charge in [0.15, 0.2) is 0 Å². The smallest absolute Gasteiger partial charge is 0.330 e. The van der Waals surface area contributed by atoms with Crippen molar-refractivity contribution in [2.45, 2.75) is 12.3 Å². The first-order valence-corrected chi connectivity index (χ1v) is 3.03. The van der Waals surface area contributed by atoms with E-state index in [-0.39, 0.29) is 12.0 Å². The Hall–Kier alpha value is -0.500. The molecule has 0 radical (unpaired) electrons. The third-order valence-corrected chi connectivity index (χ3v) is 0.748. The Kier molecular flexibility index (Phi) is 4.14. The van der Waals surface area contributed by atoms with Crippen molar-refractivity contribution in [1.29, 1.82) is 0 Å². The van der Waals surface area contributed by atoms with Gasteiger partial charge in [-0.3, -0.25) is 0 Å². The molecule has 0 amide bonds. The molecule has 52 valence electrons. The van der Waals surface area contributed by atoms with E-state index in [0.717, 1.165) is 6.08 Å². The van der Waals surface area contributed by atoms with Crippen LogP contribution in [-0.2, 0) is 9.53 Å². The van der Waals surface area contributed by atoms with E-state index in [0.29, 0.717) is 0 Å². The number of esters is 1. The monoisotopic (exact) mass is 148 g/mol. The molecule has 0 aromatic carbocycles. The van der Waals surface area contributed by atoms with Gasteiger partial charge >= 0.3 is 5.97 Å². The van der Waals surface area contributed by atoms with E-state index in [2.05, 4.69) is 11.3 Å². The summed E-state index contributed by atoms with van der Waals surface area (Å²) in [5.74, 6) is -0.428. The highest BCUT2D eigenvalue weighted by Gasteiger charge is 1.98. The van der Waals surface area contributed by atoms with Crippen molar-refractivity contribution in [1.82, 2.24) is 0 Å². The highest BCUT2D eigenvalue weighted by molar-refractivity contribution is 6.20. The van der Waals surface area contributed by atoms with Crippen molar-refractivity contribution in [3.05, 3.63) is 12.7 Å². The lowest BCUT2D eigenvalue weighted by Crippen LogP contribution is -2.08. The summed E-state index contributed by atoms with van der Waals surface area (Å²) in [6.07, 6.45) is 1.11. The second kappa shape index (κ2) is 4.39. The number of rotatable bonds is 3. The van der Waals surface area contributed by atoms with Crippen LogP contribution in [0.4, 0.5) is 0 Å². The van der Waals surface area contributed by atoms with E-state index in [4.69, 9.17) is 11.6 Å². The van der Waals surface area contributed by atoms with Gasteiger partial charge < -0.3 is 4.74 Å². The van der Waals surface area contributed by atoms with Crippen molar-refractivity contribution >= 4 is 17.6 Å². The van der Waals surface area contributed by atoms with Crippen molar-refractivity contribution in [3.63, 3.8) is 0 Å². The van der Waals surface area contributed by atoms with Gasteiger partial charge in [-0.2, -0.15) is 0 Å². The molecule has 3 heteroatoms. The van der Waals surface area contributed by atoms with Crippen LogP contribution in [0.2, 0.25) is 0 Å². The summed E-state index contributed by atoms with van der Waals surface area (Å²) >= 11 is 5.47. The van der Waals surface area contributed by atoms with Gasteiger partial charge in [0.05, 0.1) is 5.38 Å². The molecule has 9 heavy (non-hydrogen) atoms. The quantitative estimate of drug-likeness (QED) is 0.343. The molecule has 0 aliphatic heterocycles. The number of hydrogen-bond donors (Lipinski definition) is 0. The number of halogens is 1. The predicted octanol–water partition coefficient (Wildman–Crippen LogP) is 1.34. The molecule has 0 bridgehead atoms. The average molecular weight is 149 g/mol. The second-order valence-corrected chi connectivity index (χ2v) is 2.36. The van der Waals surface area contributed by atoms with E-state index in [9.17, 15) is 4.79 Å². The Morgan fingerprint density at radius 3 is 2.89 bits per heavy atom. The SMILES string of the molecule is C=CC(=O)OCC(C)Cl. The fraction of sp³-hybridized carbons (Fsp3) is 0.500. The van der Waals surface area contributed by atoms with Crippen LogP contribution in [0.5, 0.6) is 0 Å². The van der Waals surface area contributed by atoms with E-state index in [1.54, 1.807) is 6.92 Å². The van der Waals surface area contributed by atoms with Crippen LogP contribution >= 0.6 is 11.6 Å². The zero-order chi connectivity index (χ0) is 7.28. The summed E-state index contributed by atoms with van der Waals surface area (Å²) in [7, 11) is 0. The summed E-state index contributed by atoms with van der Waals surface area (Å²) in [4.78, 5) is 10.3. The predicted molar refractivity (Wildman–Crippen MR) is 36.5 cm³/mol. The summed E-state index contributed by atoms with van der Waals surface area (Å²) < 4.78 is 4.56. The van der Waals surface area contributed by atoms with E-state index in [1.165, 1.54) is 0 Å².